The number of rotatable bonds is 7. The molecule has 1 unspecified atom stereocenters. The molecule has 5 N–H and O–H groups in total. The molecule has 0 bridgehead atoms. The quantitative estimate of drug-likeness (QED) is 0.164. The molecule has 0 radical (unpaired) electrons. The molecular weight excluding hydrogens is 828 g/mol. The summed E-state index contributed by atoms with van der Waals surface area (Å²) in [7, 11) is 4.23. The normalized spacial score (nSPS) is 30.0. The van der Waals surface area contributed by atoms with Crippen LogP contribution < -0.4 is 28.4 Å². The van der Waals surface area contributed by atoms with Crippen LogP contribution in [0.2, 0.25) is 0 Å². The molecular formula is C45H46O18. The highest BCUT2D eigenvalue weighted by Crippen LogP contribution is 2.57. The lowest BCUT2D eigenvalue weighted by molar-refractivity contribution is -0.364. The zero-order valence-corrected chi connectivity index (χ0v) is 34.5. The number of hydrogen-bond donors (Lipinski definition) is 5. The van der Waals surface area contributed by atoms with Crippen molar-refractivity contribution in [3.63, 3.8) is 0 Å². The number of aromatic hydroxyl groups is 3. The summed E-state index contributed by atoms with van der Waals surface area (Å²) < 4.78 is 62.4. The molecule has 3 fully saturated rings. The van der Waals surface area contributed by atoms with Crippen LogP contribution in [-0.2, 0) is 28.5 Å². The predicted molar refractivity (Wildman–Crippen MR) is 213 cm³/mol. The summed E-state index contributed by atoms with van der Waals surface area (Å²) in [4.78, 5) is 25.7. The van der Waals surface area contributed by atoms with Crippen LogP contribution in [0.3, 0.4) is 0 Å². The second-order valence-electron chi connectivity index (χ2n) is 15.8. The van der Waals surface area contributed by atoms with Crippen molar-refractivity contribution in [3.05, 3.63) is 88.5 Å². The third-order valence-electron chi connectivity index (χ3n) is 12.2. The van der Waals surface area contributed by atoms with E-state index in [1.807, 2.05) is 30.3 Å². The average molecular weight is 875 g/mol. The van der Waals surface area contributed by atoms with Crippen LogP contribution in [0.4, 0.5) is 0 Å². The molecule has 0 spiro atoms. The van der Waals surface area contributed by atoms with Crippen molar-refractivity contribution < 1.29 is 87.2 Å². The largest absolute Gasteiger partial charge is 0.507 e. The van der Waals surface area contributed by atoms with Crippen LogP contribution in [0.25, 0.3) is 0 Å². The summed E-state index contributed by atoms with van der Waals surface area (Å²) in [5.74, 6) is -1.71. The zero-order chi connectivity index (χ0) is 44.3. The predicted octanol–water partition coefficient (Wildman–Crippen LogP) is 4.15. The van der Waals surface area contributed by atoms with Crippen LogP contribution in [0, 0.1) is 11.8 Å². The van der Waals surface area contributed by atoms with Gasteiger partial charge in [0.15, 0.2) is 52.9 Å². The average Bonchev–Trinajstić information content (AvgIpc) is 3.91. The number of aliphatic hydroxyl groups excluding tert-OH is 2. The van der Waals surface area contributed by atoms with E-state index in [1.54, 1.807) is 31.2 Å². The molecule has 3 saturated heterocycles. The smallest absolute Gasteiger partial charge is 0.310 e. The molecule has 0 saturated carbocycles. The molecule has 4 aromatic rings. The Kier molecular flexibility index (Phi) is 11.4. The fraction of sp³-hybridized carbons (Fsp3) is 0.422. The number of benzene rings is 4. The molecule has 18 nitrogen and oxygen atoms in total. The third-order valence-corrected chi connectivity index (χ3v) is 12.2. The van der Waals surface area contributed by atoms with Crippen molar-refractivity contribution in [2.24, 2.45) is 11.8 Å². The van der Waals surface area contributed by atoms with Crippen LogP contribution in [0.5, 0.6) is 51.7 Å². The van der Waals surface area contributed by atoms with Gasteiger partial charge in [-0.2, -0.15) is 0 Å². The Balaban J connectivity index is 0.000000201. The van der Waals surface area contributed by atoms with E-state index in [1.165, 1.54) is 21.3 Å². The summed E-state index contributed by atoms with van der Waals surface area (Å²) in [6.45, 7) is 1.93. The molecule has 4 aromatic carbocycles. The molecule has 334 valence electrons. The van der Waals surface area contributed by atoms with Gasteiger partial charge in [-0.3, -0.25) is 9.59 Å². The minimum atomic E-state index is -1.44. The lowest BCUT2D eigenvalue weighted by Crippen LogP contribution is -2.63. The second-order valence-corrected chi connectivity index (χ2v) is 15.8. The number of ether oxygens (including phenoxy) is 11. The van der Waals surface area contributed by atoms with Gasteiger partial charge >= 0.3 is 5.97 Å². The third kappa shape index (κ3) is 7.45. The first-order valence-electron chi connectivity index (χ1n) is 20.3. The standard InChI is InChI=1S/C29H32O13.C16H14O5/c1-11-36-9-20-27(40-11)24(31)25(32)29(41-20)42-26-14-7-17-16(38-10-39-17)6-13(14)21(22-15(26)8-37-28(22)33)12-4-18(34-2)23(30)19(5-12)35-3;1-20-15-12(19)7-10(17)14-11(18)8-13(21-16(14)15)9-5-3-2-4-6-9/h4-7,11,15,20-22,24-27,29-32H,8-10H2,1-3H3;2-7,13,17,19H,8H2,1H3/t11-,15+,20-,21-,22+,24-,25-,26-,27-,29+;/m1./s1. The van der Waals surface area contributed by atoms with E-state index in [-0.39, 0.29) is 78.0 Å². The van der Waals surface area contributed by atoms with Gasteiger partial charge < -0.3 is 77.6 Å². The number of carbonyl (C=O) groups excluding carboxylic acids is 2. The maximum Gasteiger partial charge on any atom is 0.310 e. The topological polar surface area (TPSA) is 237 Å². The molecule has 6 aliphatic rings. The Morgan fingerprint density at radius 3 is 2.13 bits per heavy atom. The lowest BCUT2D eigenvalue weighted by atomic mass is 9.66. The molecule has 63 heavy (non-hydrogen) atoms. The van der Waals surface area contributed by atoms with Crippen LogP contribution >= 0.6 is 0 Å². The Labute approximate surface area is 360 Å². The summed E-state index contributed by atoms with van der Waals surface area (Å²) in [5.41, 5.74) is 2.91. The number of phenols is 3. The number of ketones is 1. The number of esters is 1. The minimum absolute atomic E-state index is 0.0301. The van der Waals surface area contributed by atoms with E-state index < -0.39 is 72.9 Å². The van der Waals surface area contributed by atoms with E-state index in [0.29, 0.717) is 28.2 Å². The van der Waals surface area contributed by atoms with E-state index in [2.05, 4.69) is 0 Å². The van der Waals surface area contributed by atoms with Gasteiger partial charge in [-0.15, -0.1) is 0 Å². The van der Waals surface area contributed by atoms with E-state index in [9.17, 15) is 35.1 Å². The van der Waals surface area contributed by atoms with Crippen molar-refractivity contribution >= 4 is 11.8 Å². The molecule has 18 heteroatoms. The first kappa shape index (κ1) is 42.3. The summed E-state index contributed by atoms with van der Waals surface area (Å²) in [6, 6.07) is 17.3. The first-order valence-corrected chi connectivity index (χ1v) is 20.3. The number of hydrogen-bond acceptors (Lipinski definition) is 18. The van der Waals surface area contributed by atoms with Gasteiger partial charge in [0.2, 0.25) is 18.3 Å². The van der Waals surface area contributed by atoms with E-state index >= 15 is 0 Å². The van der Waals surface area contributed by atoms with Crippen molar-refractivity contribution in [2.75, 3.05) is 41.3 Å². The fourth-order valence-electron chi connectivity index (χ4n) is 9.24. The Bertz CT molecular complexity index is 2360. The van der Waals surface area contributed by atoms with Crippen LogP contribution in [-0.4, -0.2) is 116 Å². The number of fused-ring (bicyclic) bond motifs is 5. The highest BCUT2D eigenvalue weighted by atomic mass is 16.8. The van der Waals surface area contributed by atoms with Crippen molar-refractivity contribution in [1.29, 1.82) is 0 Å². The lowest BCUT2D eigenvalue weighted by Gasteiger charge is -2.47. The van der Waals surface area contributed by atoms with Crippen molar-refractivity contribution in [3.8, 4) is 51.7 Å². The monoisotopic (exact) mass is 874 g/mol. The SMILES string of the molecule is COc1c(O)cc(O)c2c1OC(c1ccccc1)CC2=O.COc1cc([C@@H]2c3cc4c(cc3[C@@H](O[C@@H]3O[C@@H]5CO[C@@H](C)O[C@H]5[C@H](O)[C@H]3O)[C@H]3COC(=O)[C@H]23)OCO4)cc(OC)c1O. The van der Waals surface area contributed by atoms with Gasteiger partial charge in [0.05, 0.1) is 53.0 Å². The number of methoxy groups -OCH3 is 3. The van der Waals surface area contributed by atoms with Gasteiger partial charge in [-0.1, -0.05) is 30.3 Å². The fourth-order valence-corrected chi connectivity index (χ4v) is 9.24. The molecule has 0 amide bonds. The number of phenolic OH excluding ortho intramolecular Hbond substituents is 3. The summed E-state index contributed by atoms with van der Waals surface area (Å²) in [6.07, 6.45) is -7.14. The number of aliphatic hydroxyl groups is 2. The maximum absolute atomic E-state index is 13.4. The highest BCUT2D eigenvalue weighted by Gasteiger charge is 2.56. The Morgan fingerprint density at radius 2 is 1.44 bits per heavy atom. The summed E-state index contributed by atoms with van der Waals surface area (Å²) >= 11 is 0. The molecule has 11 atom stereocenters. The maximum atomic E-state index is 13.4. The van der Waals surface area contributed by atoms with Crippen molar-refractivity contribution in [2.45, 2.75) is 68.5 Å². The molecule has 1 aliphatic carbocycles. The van der Waals surface area contributed by atoms with Gasteiger partial charge in [0.1, 0.15) is 41.8 Å². The van der Waals surface area contributed by atoms with Gasteiger partial charge in [0.25, 0.3) is 0 Å². The first-order chi connectivity index (χ1) is 30.4. The van der Waals surface area contributed by atoms with Crippen LogP contribution in [0.15, 0.2) is 60.7 Å². The van der Waals surface area contributed by atoms with Crippen molar-refractivity contribution in [1.82, 2.24) is 0 Å². The van der Waals surface area contributed by atoms with Gasteiger partial charge in [-0.05, 0) is 53.4 Å². The molecule has 10 rings (SSSR count). The van der Waals surface area contributed by atoms with Gasteiger partial charge in [0, 0.05) is 17.9 Å². The Hall–Kier alpha value is -6.02. The van der Waals surface area contributed by atoms with Gasteiger partial charge in [-0.25, -0.2) is 0 Å². The summed E-state index contributed by atoms with van der Waals surface area (Å²) in [5, 5.41) is 52.2. The zero-order valence-electron chi connectivity index (χ0n) is 34.5. The molecule has 0 aromatic heterocycles. The molecule has 5 heterocycles. The van der Waals surface area contributed by atoms with E-state index in [0.717, 1.165) is 11.6 Å². The number of cyclic esters (lactones) is 1. The van der Waals surface area contributed by atoms with Crippen LogP contribution in [0.1, 0.15) is 64.1 Å². The van der Waals surface area contributed by atoms with E-state index in [4.69, 9.17) is 52.1 Å². The minimum Gasteiger partial charge on any atom is -0.507 e. The Morgan fingerprint density at radius 1 is 0.746 bits per heavy atom. The second kappa shape index (κ2) is 16.9. The molecule has 5 aliphatic heterocycles. The number of carbonyl (C=O) groups is 2. The number of Topliss-reactive ketones (excluding diaryl/α,β-unsaturated/α-hetero) is 1. The highest BCUT2D eigenvalue weighted by molar-refractivity contribution is 6.03.